The summed E-state index contributed by atoms with van der Waals surface area (Å²) < 4.78 is 0. The van der Waals surface area contributed by atoms with E-state index in [9.17, 15) is 0 Å². The van der Waals surface area contributed by atoms with Gasteiger partial charge in [0, 0.05) is 30.3 Å². The van der Waals surface area contributed by atoms with Crippen LogP contribution in [0.5, 0.6) is 0 Å². The minimum Gasteiger partial charge on any atom is -0.356 e. The number of nitrogens with one attached hydrogen (secondary N) is 2. The molecule has 1 aliphatic heterocycles. The van der Waals surface area contributed by atoms with Crippen LogP contribution in [0.1, 0.15) is 33.1 Å². The molecule has 1 heterocycles. The number of guanidine groups is 1. The predicted octanol–water partition coefficient (Wildman–Crippen LogP) is 3.45. The molecule has 2 rings (SSSR count). The van der Waals surface area contributed by atoms with Crippen LogP contribution in [-0.4, -0.2) is 55.9 Å². The predicted molar refractivity (Wildman–Crippen MR) is 111 cm³/mol. The Labute approximate surface area is 157 Å². The Morgan fingerprint density at radius 1 is 1.24 bits per heavy atom. The van der Waals surface area contributed by atoms with Crippen molar-refractivity contribution in [3.8, 4) is 0 Å². The van der Waals surface area contributed by atoms with Gasteiger partial charge >= 0.3 is 0 Å². The molecule has 25 heavy (non-hydrogen) atoms. The van der Waals surface area contributed by atoms with Crippen molar-refractivity contribution in [2.75, 3.05) is 39.8 Å². The van der Waals surface area contributed by atoms with Gasteiger partial charge in [-0.05, 0) is 56.9 Å². The number of rotatable bonds is 8. The first-order valence-electron chi connectivity index (χ1n) is 9.59. The first kappa shape index (κ1) is 20.1. The molecule has 1 fully saturated rings. The van der Waals surface area contributed by atoms with Crippen molar-refractivity contribution in [2.24, 2.45) is 10.9 Å². The standard InChI is InChI=1S/C20H34N4S/c1-4-24-14-11-18(12-15-24)10-13-22-20(21-3)23-16-17(2)25-19-8-6-5-7-9-19/h5-9,17-18H,4,10-16H2,1-3H3,(H2,21,22,23). The molecule has 1 aromatic carbocycles. The van der Waals surface area contributed by atoms with Gasteiger partial charge in [-0.25, -0.2) is 0 Å². The number of piperidine rings is 1. The van der Waals surface area contributed by atoms with E-state index >= 15 is 0 Å². The van der Waals surface area contributed by atoms with Crippen LogP contribution in [0.15, 0.2) is 40.2 Å². The second-order valence-electron chi connectivity index (χ2n) is 6.79. The molecule has 0 aliphatic carbocycles. The fourth-order valence-electron chi connectivity index (χ4n) is 3.22. The van der Waals surface area contributed by atoms with Crippen molar-refractivity contribution in [3.63, 3.8) is 0 Å². The topological polar surface area (TPSA) is 39.7 Å². The van der Waals surface area contributed by atoms with Gasteiger partial charge in [-0.3, -0.25) is 4.99 Å². The lowest BCUT2D eigenvalue weighted by Crippen LogP contribution is -2.41. The largest absolute Gasteiger partial charge is 0.356 e. The molecule has 5 heteroatoms. The van der Waals surface area contributed by atoms with E-state index < -0.39 is 0 Å². The highest BCUT2D eigenvalue weighted by molar-refractivity contribution is 8.00. The maximum absolute atomic E-state index is 4.35. The van der Waals surface area contributed by atoms with Gasteiger partial charge < -0.3 is 15.5 Å². The number of benzene rings is 1. The molecule has 140 valence electrons. The van der Waals surface area contributed by atoms with E-state index in [1.165, 1.54) is 43.8 Å². The van der Waals surface area contributed by atoms with Crippen molar-refractivity contribution >= 4 is 17.7 Å². The van der Waals surface area contributed by atoms with Crippen LogP contribution >= 0.6 is 11.8 Å². The third-order valence-corrected chi connectivity index (χ3v) is 5.97. The van der Waals surface area contributed by atoms with E-state index in [0.717, 1.165) is 25.0 Å². The molecule has 0 amide bonds. The number of thioether (sulfide) groups is 1. The minimum absolute atomic E-state index is 0.499. The number of hydrogen-bond acceptors (Lipinski definition) is 3. The number of hydrogen-bond donors (Lipinski definition) is 2. The van der Waals surface area contributed by atoms with Gasteiger partial charge in [0.15, 0.2) is 5.96 Å². The second kappa shape index (κ2) is 11.4. The zero-order valence-electron chi connectivity index (χ0n) is 16.0. The summed E-state index contributed by atoms with van der Waals surface area (Å²) >= 11 is 1.89. The molecule has 1 saturated heterocycles. The van der Waals surface area contributed by atoms with E-state index in [-0.39, 0.29) is 0 Å². The van der Waals surface area contributed by atoms with Crippen LogP contribution in [0.2, 0.25) is 0 Å². The highest BCUT2D eigenvalue weighted by Crippen LogP contribution is 2.22. The molecule has 0 saturated carbocycles. The van der Waals surface area contributed by atoms with Crippen LogP contribution < -0.4 is 10.6 Å². The number of aliphatic imine (C=N–C) groups is 1. The third kappa shape index (κ3) is 7.70. The summed E-state index contributed by atoms with van der Waals surface area (Å²) in [5.41, 5.74) is 0. The maximum Gasteiger partial charge on any atom is 0.191 e. The number of nitrogens with zero attached hydrogens (tertiary/aromatic N) is 2. The summed E-state index contributed by atoms with van der Waals surface area (Å²) in [6, 6.07) is 10.6. The maximum atomic E-state index is 4.35. The lowest BCUT2D eigenvalue weighted by molar-refractivity contribution is 0.187. The normalized spacial score (nSPS) is 18.1. The Hall–Kier alpha value is -1.20. The average molecular weight is 363 g/mol. The van der Waals surface area contributed by atoms with Gasteiger partial charge in [0.05, 0.1) is 0 Å². The smallest absolute Gasteiger partial charge is 0.191 e. The number of likely N-dealkylation sites (tertiary alicyclic amines) is 1. The minimum atomic E-state index is 0.499. The molecule has 0 bridgehead atoms. The third-order valence-electron chi connectivity index (χ3n) is 4.86. The summed E-state index contributed by atoms with van der Waals surface area (Å²) in [5.74, 6) is 1.78. The average Bonchev–Trinajstić information content (AvgIpc) is 2.66. The lowest BCUT2D eigenvalue weighted by atomic mass is 9.93. The van der Waals surface area contributed by atoms with Gasteiger partial charge in [0.25, 0.3) is 0 Å². The van der Waals surface area contributed by atoms with Gasteiger partial charge in [-0.1, -0.05) is 32.0 Å². The van der Waals surface area contributed by atoms with Crippen LogP contribution in [0, 0.1) is 5.92 Å². The van der Waals surface area contributed by atoms with E-state index in [1.54, 1.807) is 0 Å². The first-order chi connectivity index (χ1) is 12.2. The van der Waals surface area contributed by atoms with Crippen molar-refractivity contribution in [1.29, 1.82) is 0 Å². The molecular formula is C20H34N4S. The Balaban J connectivity index is 1.60. The Kier molecular flexibility index (Phi) is 9.19. The molecule has 1 unspecified atom stereocenters. The van der Waals surface area contributed by atoms with Gasteiger partial charge in [0.2, 0.25) is 0 Å². The van der Waals surface area contributed by atoms with E-state index in [4.69, 9.17) is 0 Å². The zero-order valence-corrected chi connectivity index (χ0v) is 16.8. The van der Waals surface area contributed by atoms with Crippen LogP contribution in [0.3, 0.4) is 0 Å². The highest BCUT2D eigenvalue weighted by atomic mass is 32.2. The Morgan fingerprint density at radius 2 is 1.96 bits per heavy atom. The molecule has 4 nitrogen and oxygen atoms in total. The Morgan fingerprint density at radius 3 is 2.60 bits per heavy atom. The monoisotopic (exact) mass is 362 g/mol. The van der Waals surface area contributed by atoms with Crippen molar-refractivity contribution in [1.82, 2.24) is 15.5 Å². The molecule has 1 atom stereocenters. The van der Waals surface area contributed by atoms with E-state index in [2.05, 4.69) is 64.7 Å². The van der Waals surface area contributed by atoms with Crippen LogP contribution in [0.4, 0.5) is 0 Å². The molecule has 2 N–H and O–H groups in total. The van der Waals surface area contributed by atoms with Gasteiger partial charge in [-0.15, -0.1) is 11.8 Å². The van der Waals surface area contributed by atoms with Gasteiger partial charge in [-0.2, -0.15) is 0 Å². The summed E-state index contributed by atoms with van der Waals surface area (Å²) in [5, 5.41) is 7.43. The van der Waals surface area contributed by atoms with E-state index in [0.29, 0.717) is 5.25 Å². The summed E-state index contributed by atoms with van der Waals surface area (Å²) in [6.07, 6.45) is 3.92. The quantitative estimate of drug-likeness (QED) is 0.422. The summed E-state index contributed by atoms with van der Waals surface area (Å²) in [4.78, 5) is 8.22. The Bertz CT molecular complexity index is 498. The second-order valence-corrected chi connectivity index (χ2v) is 8.30. The zero-order chi connectivity index (χ0) is 17.9. The van der Waals surface area contributed by atoms with Crippen LogP contribution in [-0.2, 0) is 0 Å². The molecule has 1 aliphatic rings. The fourth-order valence-corrected chi connectivity index (χ4v) is 4.17. The highest BCUT2D eigenvalue weighted by Gasteiger charge is 2.17. The first-order valence-corrected chi connectivity index (χ1v) is 10.5. The van der Waals surface area contributed by atoms with Crippen molar-refractivity contribution in [3.05, 3.63) is 30.3 Å². The molecule has 1 aromatic rings. The van der Waals surface area contributed by atoms with Gasteiger partial charge in [0.1, 0.15) is 0 Å². The van der Waals surface area contributed by atoms with Crippen molar-refractivity contribution < 1.29 is 0 Å². The van der Waals surface area contributed by atoms with Crippen LogP contribution in [0.25, 0.3) is 0 Å². The molecule has 0 radical (unpaired) electrons. The lowest BCUT2D eigenvalue weighted by Gasteiger charge is -2.31. The van der Waals surface area contributed by atoms with Crippen molar-refractivity contribution in [2.45, 2.75) is 43.3 Å². The summed E-state index contributed by atoms with van der Waals surface area (Å²) in [6.45, 7) is 10.2. The molecular weight excluding hydrogens is 328 g/mol. The molecule has 0 spiro atoms. The summed E-state index contributed by atoms with van der Waals surface area (Å²) in [7, 11) is 1.85. The SMILES string of the molecule is CCN1CCC(CCNC(=NC)NCC(C)Sc2ccccc2)CC1. The fraction of sp³-hybridized carbons (Fsp3) is 0.650. The molecule has 0 aromatic heterocycles. The van der Waals surface area contributed by atoms with E-state index in [1.807, 2.05) is 18.8 Å².